The van der Waals surface area contributed by atoms with E-state index in [2.05, 4.69) is 37.0 Å². The largest absolute Gasteiger partial charge is 0.389 e. The summed E-state index contributed by atoms with van der Waals surface area (Å²) >= 11 is 0. The minimum Gasteiger partial charge on any atom is -0.389 e. The van der Waals surface area contributed by atoms with Crippen LogP contribution in [0.3, 0.4) is 0 Å². The average molecular weight is 469 g/mol. The number of ether oxygens (including phenoxy) is 1. The molecule has 9 heteroatoms. The van der Waals surface area contributed by atoms with Crippen molar-refractivity contribution in [1.29, 1.82) is 0 Å². The number of nitrogens with zero attached hydrogens (tertiary/aromatic N) is 4. The Balaban J connectivity index is 1.50. The Bertz CT molecular complexity index is 886. The Morgan fingerprint density at radius 1 is 1.32 bits per heavy atom. The molecule has 1 unspecified atom stereocenters. The van der Waals surface area contributed by atoms with Crippen LogP contribution in [0, 0.1) is 0 Å². The normalized spacial score (nSPS) is 18.1. The van der Waals surface area contributed by atoms with E-state index in [0.717, 1.165) is 68.8 Å². The van der Waals surface area contributed by atoms with Gasteiger partial charge in [-0.05, 0) is 43.0 Å². The molecule has 0 radical (unpaired) electrons. The van der Waals surface area contributed by atoms with E-state index < -0.39 is 6.10 Å². The van der Waals surface area contributed by atoms with Gasteiger partial charge in [0.25, 0.3) is 5.91 Å². The molecule has 2 N–H and O–H groups in total. The van der Waals surface area contributed by atoms with Crippen LogP contribution >= 0.6 is 0 Å². The van der Waals surface area contributed by atoms with E-state index in [0.29, 0.717) is 18.2 Å². The second kappa shape index (κ2) is 13.0. The van der Waals surface area contributed by atoms with Crippen molar-refractivity contribution >= 4 is 24.1 Å². The van der Waals surface area contributed by atoms with E-state index in [-0.39, 0.29) is 12.6 Å². The smallest absolute Gasteiger partial charge is 0.270 e. The molecule has 1 aliphatic heterocycles. The molecule has 2 aliphatic rings. The number of aliphatic imine (C=N–C) groups is 1. The van der Waals surface area contributed by atoms with Gasteiger partial charge in [0, 0.05) is 57.7 Å². The van der Waals surface area contributed by atoms with Crippen LogP contribution in [0.1, 0.15) is 36.7 Å². The fourth-order valence-electron chi connectivity index (χ4n) is 3.58. The lowest BCUT2D eigenvalue weighted by Gasteiger charge is -2.36. The molecule has 184 valence electrons. The number of rotatable bonds is 13. The van der Waals surface area contributed by atoms with Crippen molar-refractivity contribution in [3.8, 4) is 0 Å². The van der Waals surface area contributed by atoms with Crippen molar-refractivity contribution in [1.82, 2.24) is 20.5 Å². The third-order valence-electron chi connectivity index (χ3n) is 5.89. The van der Waals surface area contributed by atoms with Crippen molar-refractivity contribution in [2.75, 3.05) is 51.4 Å². The number of anilines is 1. The SMILES string of the molecule is C=C(/C=C(\C=NCOC(C=O)CC)CN1CCN(c2ccc(C(=O)NC3CC3)nc2)CC1)NC. The van der Waals surface area contributed by atoms with Crippen LogP contribution in [0.4, 0.5) is 5.69 Å². The van der Waals surface area contributed by atoms with Gasteiger partial charge in [-0.3, -0.25) is 14.7 Å². The molecule has 34 heavy (non-hydrogen) atoms. The van der Waals surface area contributed by atoms with Crippen LogP contribution in [0.5, 0.6) is 0 Å². The molecule has 9 nitrogen and oxygen atoms in total. The highest BCUT2D eigenvalue weighted by molar-refractivity contribution is 5.92. The molecule has 1 saturated heterocycles. The van der Waals surface area contributed by atoms with E-state index in [1.54, 1.807) is 18.5 Å². The molecule has 0 aromatic carbocycles. The van der Waals surface area contributed by atoms with Gasteiger partial charge in [-0.25, -0.2) is 4.98 Å². The Labute approximate surface area is 202 Å². The number of hydrogen-bond acceptors (Lipinski definition) is 8. The summed E-state index contributed by atoms with van der Waals surface area (Å²) < 4.78 is 5.44. The van der Waals surface area contributed by atoms with Gasteiger partial charge in [-0.1, -0.05) is 13.5 Å². The van der Waals surface area contributed by atoms with E-state index in [1.807, 2.05) is 26.1 Å². The fourth-order valence-corrected chi connectivity index (χ4v) is 3.58. The Hall–Kier alpha value is -3.04. The highest BCUT2D eigenvalue weighted by Gasteiger charge is 2.24. The number of likely N-dealkylation sites (N-methyl/N-ethyl adjacent to an activating group) is 1. The first-order valence-corrected chi connectivity index (χ1v) is 11.9. The summed E-state index contributed by atoms with van der Waals surface area (Å²) in [4.78, 5) is 36.4. The van der Waals surface area contributed by atoms with Crippen molar-refractivity contribution in [3.63, 3.8) is 0 Å². The first-order chi connectivity index (χ1) is 16.5. The molecule has 0 bridgehead atoms. The maximum absolute atomic E-state index is 12.1. The van der Waals surface area contributed by atoms with Gasteiger partial charge in [0.1, 0.15) is 24.8 Å². The zero-order valence-corrected chi connectivity index (χ0v) is 20.2. The Morgan fingerprint density at radius 3 is 2.68 bits per heavy atom. The van der Waals surface area contributed by atoms with Gasteiger partial charge in [-0.15, -0.1) is 0 Å². The molecular formula is C25H36N6O3. The quantitative estimate of drug-likeness (QED) is 0.259. The topological polar surface area (TPSA) is 99.2 Å². The van der Waals surface area contributed by atoms with Crippen LogP contribution in [0.25, 0.3) is 0 Å². The number of nitrogens with one attached hydrogen (secondary N) is 2. The number of aromatic nitrogens is 1. The van der Waals surface area contributed by atoms with E-state index in [9.17, 15) is 9.59 Å². The van der Waals surface area contributed by atoms with E-state index in [4.69, 9.17) is 4.74 Å². The fraction of sp³-hybridized carbons (Fsp3) is 0.520. The van der Waals surface area contributed by atoms with Crippen LogP contribution in [-0.2, 0) is 9.53 Å². The maximum Gasteiger partial charge on any atom is 0.270 e. The average Bonchev–Trinajstić information content (AvgIpc) is 3.68. The van der Waals surface area contributed by atoms with Gasteiger partial charge in [0.15, 0.2) is 0 Å². The summed E-state index contributed by atoms with van der Waals surface area (Å²) in [5, 5.41) is 6.01. The molecule has 3 rings (SSSR count). The van der Waals surface area contributed by atoms with Crippen molar-refractivity contribution in [2.45, 2.75) is 38.3 Å². The van der Waals surface area contributed by atoms with Gasteiger partial charge in [-0.2, -0.15) is 0 Å². The lowest BCUT2D eigenvalue weighted by molar-refractivity contribution is -0.118. The summed E-state index contributed by atoms with van der Waals surface area (Å²) in [7, 11) is 1.83. The summed E-state index contributed by atoms with van der Waals surface area (Å²) in [5.74, 6) is -0.0928. The van der Waals surface area contributed by atoms with Gasteiger partial charge < -0.3 is 25.1 Å². The predicted molar refractivity (Wildman–Crippen MR) is 134 cm³/mol. The van der Waals surface area contributed by atoms with E-state index in [1.165, 1.54) is 0 Å². The number of allylic oxidation sites excluding steroid dienone is 1. The Kier molecular flexibility index (Phi) is 9.78. The van der Waals surface area contributed by atoms with Gasteiger partial charge in [0.2, 0.25) is 0 Å². The molecule has 0 spiro atoms. The molecule has 2 fully saturated rings. The number of piperazine rings is 1. The number of aldehydes is 1. The molecule has 1 aromatic rings. The third-order valence-corrected chi connectivity index (χ3v) is 5.89. The summed E-state index contributed by atoms with van der Waals surface area (Å²) in [5.41, 5.74) is 3.32. The Morgan fingerprint density at radius 2 is 2.09 bits per heavy atom. The van der Waals surface area contributed by atoms with Crippen molar-refractivity contribution in [2.24, 2.45) is 4.99 Å². The number of carbonyl (C=O) groups is 2. The van der Waals surface area contributed by atoms with Gasteiger partial charge >= 0.3 is 0 Å². The van der Waals surface area contributed by atoms with Gasteiger partial charge in [0.05, 0.1) is 11.9 Å². The standard InChI is InChI=1S/C25H36N6O3/c1-4-23(17-32)34-18-27-14-20(13-19(2)26-3)16-30-9-11-31(12-10-30)22-7-8-24(28-15-22)25(33)29-21-5-6-21/h7-8,13-15,17,21,23,26H,2,4-6,9-12,16,18H2,1,3H3,(H,29,33)/b20-13+,27-14?. The minimum atomic E-state index is -0.416. The lowest BCUT2D eigenvalue weighted by Crippen LogP contribution is -2.47. The zero-order valence-electron chi connectivity index (χ0n) is 20.2. The number of amides is 1. The predicted octanol–water partition coefficient (Wildman–Crippen LogP) is 1.78. The van der Waals surface area contributed by atoms with Crippen LogP contribution < -0.4 is 15.5 Å². The summed E-state index contributed by atoms with van der Waals surface area (Å²) in [6.45, 7) is 10.3. The number of hydrogen-bond donors (Lipinski definition) is 2. The summed E-state index contributed by atoms with van der Waals surface area (Å²) in [6, 6.07) is 4.10. The molecule has 1 aliphatic carbocycles. The zero-order chi connectivity index (χ0) is 24.3. The van der Waals surface area contributed by atoms with Crippen molar-refractivity contribution in [3.05, 3.63) is 47.9 Å². The third kappa shape index (κ3) is 8.07. The minimum absolute atomic E-state index is 0.0928. The van der Waals surface area contributed by atoms with Crippen LogP contribution in [0.15, 0.2) is 47.2 Å². The first kappa shape index (κ1) is 25.6. The first-order valence-electron chi connectivity index (χ1n) is 11.9. The molecule has 2 heterocycles. The molecule has 1 saturated carbocycles. The van der Waals surface area contributed by atoms with Crippen LogP contribution in [-0.4, -0.2) is 86.9 Å². The summed E-state index contributed by atoms with van der Waals surface area (Å²) in [6.07, 6.45) is 8.70. The lowest BCUT2D eigenvalue weighted by atomic mass is 10.2. The molecule has 1 atom stereocenters. The molecular weight excluding hydrogens is 432 g/mol. The molecule has 1 aromatic heterocycles. The van der Waals surface area contributed by atoms with Crippen molar-refractivity contribution < 1.29 is 14.3 Å². The second-order valence-corrected chi connectivity index (χ2v) is 8.60. The second-order valence-electron chi connectivity index (χ2n) is 8.60. The highest BCUT2D eigenvalue weighted by atomic mass is 16.5. The number of carbonyl (C=O) groups excluding carboxylic acids is 2. The highest BCUT2D eigenvalue weighted by Crippen LogP contribution is 2.20. The van der Waals surface area contributed by atoms with Crippen LogP contribution in [0.2, 0.25) is 0 Å². The van der Waals surface area contributed by atoms with E-state index >= 15 is 0 Å². The maximum atomic E-state index is 12.1. The monoisotopic (exact) mass is 468 g/mol. The number of pyridine rings is 1. The molecule has 1 amide bonds.